The number of carbonyl (C=O) groups excluding carboxylic acids is 2. The maximum Gasteiger partial charge on any atom is 0.340 e. The van der Waals surface area contributed by atoms with Gasteiger partial charge in [0.1, 0.15) is 5.00 Å². The summed E-state index contributed by atoms with van der Waals surface area (Å²) in [6.45, 7) is 2.00. The van der Waals surface area contributed by atoms with Gasteiger partial charge in [0.05, 0.1) is 18.2 Å². The van der Waals surface area contributed by atoms with Crippen molar-refractivity contribution < 1.29 is 14.3 Å². The minimum absolute atomic E-state index is 0.178. The molecule has 0 aliphatic rings. The molecule has 0 aliphatic carbocycles. The van der Waals surface area contributed by atoms with Crippen LogP contribution >= 0.6 is 34.9 Å². The van der Waals surface area contributed by atoms with Crippen LogP contribution in [0.25, 0.3) is 10.1 Å². The number of hydrogen-bond donors (Lipinski definition) is 3. The Balaban J connectivity index is 1.65. The summed E-state index contributed by atoms with van der Waals surface area (Å²) in [6, 6.07) is 9.46. The van der Waals surface area contributed by atoms with E-state index < -0.39 is 5.97 Å². The fourth-order valence-corrected chi connectivity index (χ4v) is 4.59. The molecule has 0 saturated carbocycles. The molecular formula is C18H17N3O3S3. The number of methoxy groups -OCH3 is 1. The van der Waals surface area contributed by atoms with Crippen molar-refractivity contribution in [2.45, 2.75) is 13.3 Å². The Labute approximate surface area is 169 Å². The number of nitrogens with one attached hydrogen (secondary N) is 3. The van der Waals surface area contributed by atoms with Gasteiger partial charge < -0.3 is 10.1 Å². The average molecular weight is 420 g/mol. The van der Waals surface area contributed by atoms with Crippen LogP contribution in [0, 0.1) is 0 Å². The standard InChI is InChI=1S/C18H17N3O3S3/c1-3-10-8-12(17(23)24-2)16(27-10)19-18(25)21-20-15(22)13-9-26-14-7-5-4-6-11(13)14/h4-9H,3H2,1-2H3,(H,20,22)(H2,19,21,25). The lowest BCUT2D eigenvalue weighted by molar-refractivity contribution is 0.0602. The first kappa shape index (κ1) is 19.3. The van der Waals surface area contributed by atoms with E-state index in [9.17, 15) is 9.59 Å². The number of rotatable bonds is 4. The zero-order valence-electron chi connectivity index (χ0n) is 14.6. The van der Waals surface area contributed by atoms with Crippen LogP contribution in [0.4, 0.5) is 5.00 Å². The van der Waals surface area contributed by atoms with Gasteiger partial charge in [0.2, 0.25) is 0 Å². The number of amides is 1. The Morgan fingerprint density at radius 3 is 2.70 bits per heavy atom. The van der Waals surface area contributed by atoms with Gasteiger partial charge in [-0.05, 0) is 30.8 Å². The van der Waals surface area contributed by atoms with Gasteiger partial charge in [0.15, 0.2) is 5.11 Å². The number of esters is 1. The summed E-state index contributed by atoms with van der Waals surface area (Å²) in [4.78, 5) is 25.3. The van der Waals surface area contributed by atoms with Crippen LogP contribution in [0.2, 0.25) is 0 Å². The van der Waals surface area contributed by atoms with E-state index in [1.165, 1.54) is 29.8 Å². The summed E-state index contributed by atoms with van der Waals surface area (Å²) >= 11 is 8.15. The predicted octanol–water partition coefficient (Wildman–Crippen LogP) is 3.94. The molecule has 2 aromatic heterocycles. The molecule has 0 radical (unpaired) electrons. The third kappa shape index (κ3) is 4.26. The van der Waals surface area contributed by atoms with Crippen molar-refractivity contribution in [2.24, 2.45) is 0 Å². The molecule has 0 fully saturated rings. The quantitative estimate of drug-likeness (QED) is 0.338. The van der Waals surface area contributed by atoms with Crippen LogP contribution in [0.3, 0.4) is 0 Å². The first-order chi connectivity index (χ1) is 13.0. The van der Waals surface area contributed by atoms with E-state index in [-0.39, 0.29) is 11.0 Å². The number of carbonyl (C=O) groups is 2. The molecule has 0 spiro atoms. The second kappa shape index (κ2) is 8.47. The van der Waals surface area contributed by atoms with Crippen LogP contribution in [-0.2, 0) is 11.2 Å². The molecule has 140 valence electrons. The van der Waals surface area contributed by atoms with Crippen LogP contribution in [0.5, 0.6) is 0 Å². The number of ether oxygens (including phenoxy) is 1. The highest BCUT2D eigenvalue weighted by molar-refractivity contribution is 7.80. The van der Waals surface area contributed by atoms with Crippen molar-refractivity contribution in [1.29, 1.82) is 0 Å². The first-order valence-electron chi connectivity index (χ1n) is 8.08. The monoisotopic (exact) mass is 419 g/mol. The molecule has 9 heteroatoms. The maximum absolute atomic E-state index is 12.4. The lowest BCUT2D eigenvalue weighted by atomic mass is 10.2. The topological polar surface area (TPSA) is 79.5 Å². The van der Waals surface area contributed by atoms with Crippen molar-refractivity contribution in [1.82, 2.24) is 10.9 Å². The number of fused-ring (bicyclic) bond motifs is 1. The Morgan fingerprint density at radius 1 is 1.19 bits per heavy atom. The predicted molar refractivity (Wildman–Crippen MR) is 114 cm³/mol. The van der Waals surface area contributed by atoms with Crippen LogP contribution in [0.1, 0.15) is 32.5 Å². The van der Waals surface area contributed by atoms with E-state index in [4.69, 9.17) is 17.0 Å². The zero-order chi connectivity index (χ0) is 19.4. The van der Waals surface area contributed by atoms with E-state index >= 15 is 0 Å². The van der Waals surface area contributed by atoms with Crippen molar-refractivity contribution in [2.75, 3.05) is 12.4 Å². The average Bonchev–Trinajstić information content (AvgIpc) is 3.29. The van der Waals surface area contributed by atoms with E-state index in [1.54, 1.807) is 11.4 Å². The lowest BCUT2D eigenvalue weighted by Crippen LogP contribution is -2.43. The number of anilines is 1. The second-order valence-corrected chi connectivity index (χ2v) is 7.94. The maximum atomic E-state index is 12.4. The Morgan fingerprint density at radius 2 is 1.96 bits per heavy atom. The smallest absolute Gasteiger partial charge is 0.340 e. The molecule has 27 heavy (non-hydrogen) atoms. The first-order valence-corrected chi connectivity index (χ1v) is 10.2. The largest absolute Gasteiger partial charge is 0.465 e. The van der Waals surface area contributed by atoms with Crippen LogP contribution in [0.15, 0.2) is 35.7 Å². The van der Waals surface area contributed by atoms with Gasteiger partial charge >= 0.3 is 5.97 Å². The SMILES string of the molecule is CCc1cc(C(=O)OC)c(NC(=S)NNC(=O)c2csc3ccccc23)s1. The molecule has 0 unspecified atom stereocenters. The summed E-state index contributed by atoms with van der Waals surface area (Å²) < 4.78 is 5.84. The van der Waals surface area contributed by atoms with Gasteiger partial charge in [-0.1, -0.05) is 25.1 Å². The molecule has 0 aliphatic heterocycles. The number of hydrogen-bond acceptors (Lipinski definition) is 6. The van der Waals surface area contributed by atoms with Crippen molar-refractivity contribution in [3.05, 3.63) is 51.7 Å². The molecule has 6 nitrogen and oxygen atoms in total. The molecular weight excluding hydrogens is 402 g/mol. The second-order valence-electron chi connectivity index (χ2n) is 5.48. The van der Waals surface area contributed by atoms with Gasteiger partial charge in [0, 0.05) is 20.3 Å². The Bertz CT molecular complexity index is 1010. The van der Waals surface area contributed by atoms with Gasteiger partial charge in [-0.25, -0.2) is 4.79 Å². The highest BCUT2D eigenvalue weighted by atomic mass is 32.1. The number of benzene rings is 1. The summed E-state index contributed by atoms with van der Waals surface area (Å²) in [5.74, 6) is -0.727. The normalized spacial score (nSPS) is 10.4. The van der Waals surface area contributed by atoms with E-state index in [2.05, 4.69) is 16.2 Å². The number of thiocarbonyl (C=S) groups is 1. The minimum atomic E-state index is -0.440. The third-order valence-corrected chi connectivity index (χ3v) is 6.14. The fourth-order valence-electron chi connectivity index (χ4n) is 2.44. The van der Waals surface area contributed by atoms with Gasteiger partial charge in [0.25, 0.3) is 5.91 Å². The summed E-state index contributed by atoms with van der Waals surface area (Å²) in [5, 5.41) is 6.39. The highest BCUT2D eigenvalue weighted by Gasteiger charge is 2.17. The molecule has 1 aromatic carbocycles. The summed E-state index contributed by atoms with van der Waals surface area (Å²) in [7, 11) is 1.33. The summed E-state index contributed by atoms with van der Waals surface area (Å²) in [5.41, 5.74) is 6.25. The number of aryl methyl sites for hydroxylation is 1. The van der Waals surface area contributed by atoms with Gasteiger partial charge in [-0.2, -0.15) is 0 Å². The molecule has 3 aromatic rings. The van der Waals surface area contributed by atoms with Crippen molar-refractivity contribution in [3.8, 4) is 0 Å². The molecule has 0 atom stereocenters. The van der Waals surface area contributed by atoms with E-state index in [0.29, 0.717) is 16.1 Å². The van der Waals surface area contributed by atoms with Gasteiger partial charge in [-0.3, -0.25) is 15.6 Å². The molecule has 0 saturated heterocycles. The van der Waals surface area contributed by atoms with Crippen LogP contribution in [-0.4, -0.2) is 24.1 Å². The Kier molecular flexibility index (Phi) is 6.04. The summed E-state index contributed by atoms with van der Waals surface area (Å²) in [6.07, 6.45) is 0.790. The van der Waals surface area contributed by atoms with Crippen molar-refractivity contribution >= 4 is 67.0 Å². The van der Waals surface area contributed by atoms with Crippen LogP contribution < -0.4 is 16.2 Å². The zero-order valence-corrected chi connectivity index (χ0v) is 17.1. The minimum Gasteiger partial charge on any atom is -0.465 e. The molecule has 1 amide bonds. The molecule has 3 N–H and O–H groups in total. The molecule has 0 bridgehead atoms. The molecule has 2 heterocycles. The molecule has 3 rings (SSSR count). The van der Waals surface area contributed by atoms with Gasteiger partial charge in [-0.15, -0.1) is 22.7 Å². The highest BCUT2D eigenvalue weighted by Crippen LogP contribution is 2.29. The van der Waals surface area contributed by atoms with E-state index in [1.807, 2.05) is 31.2 Å². The Hall–Kier alpha value is -2.49. The lowest BCUT2D eigenvalue weighted by Gasteiger charge is -2.11. The number of hydrazine groups is 1. The third-order valence-electron chi connectivity index (χ3n) is 3.78. The fraction of sp³-hybridized carbons (Fsp3) is 0.167. The van der Waals surface area contributed by atoms with E-state index in [0.717, 1.165) is 21.4 Å². The van der Waals surface area contributed by atoms with Crippen molar-refractivity contribution in [3.63, 3.8) is 0 Å². The number of thiophene rings is 2.